The summed E-state index contributed by atoms with van der Waals surface area (Å²) in [6.07, 6.45) is 10.7. The van der Waals surface area contributed by atoms with Crippen molar-refractivity contribution in [1.29, 1.82) is 0 Å². The number of carbonyl (C=O) groups is 1. The zero-order valence-electron chi connectivity index (χ0n) is 20.5. The molecule has 196 valence electrons. The van der Waals surface area contributed by atoms with Crippen molar-refractivity contribution in [3.8, 4) is 0 Å². The van der Waals surface area contributed by atoms with Crippen LogP contribution in [0.4, 0.5) is 17.5 Å². The highest BCUT2D eigenvalue weighted by molar-refractivity contribution is 5.92. The number of halogens is 2. The average Bonchev–Trinajstić information content (AvgIpc) is 3.51. The predicted molar refractivity (Wildman–Crippen MR) is 147 cm³/mol. The smallest absolute Gasteiger partial charge is 0.338 e. The highest BCUT2D eigenvalue weighted by atomic mass is 35.5. The fourth-order valence-corrected chi connectivity index (χ4v) is 5.04. The molecule has 11 heteroatoms. The number of rotatable bonds is 7. The van der Waals surface area contributed by atoms with Gasteiger partial charge in [-0.1, -0.05) is 18.9 Å². The van der Waals surface area contributed by atoms with Crippen molar-refractivity contribution in [2.75, 3.05) is 17.2 Å². The Morgan fingerprint density at radius 2 is 1.86 bits per heavy atom. The molecule has 0 radical (unpaired) electrons. The molecule has 0 spiro atoms. The van der Waals surface area contributed by atoms with Crippen LogP contribution in [0.1, 0.15) is 74.7 Å². The number of benzene rings is 1. The van der Waals surface area contributed by atoms with Gasteiger partial charge >= 0.3 is 5.97 Å². The molecule has 2 aromatic heterocycles. The van der Waals surface area contributed by atoms with E-state index in [0.29, 0.717) is 36.0 Å². The van der Waals surface area contributed by atoms with Gasteiger partial charge in [0, 0.05) is 23.8 Å². The van der Waals surface area contributed by atoms with E-state index in [1.165, 1.54) is 12.8 Å². The standard InChI is InChI=1S/C25H33N7O2.2ClH/c1-2-34-24(33)16-6-5-7-19(14-16)28-22-21-23(32(15-27-21)20-8-3-4-9-20)31-25(30-22)29-18-12-10-17(26)11-13-18;;/h5-7,14-15,17-18,20H,2-4,8-13,26H2,1H3,(H2,28,29,30,31);2*1H. The highest BCUT2D eigenvalue weighted by Gasteiger charge is 2.24. The summed E-state index contributed by atoms with van der Waals surface area (Å²) < 4.78 is 7.35. The Labute approximate surface area is 223 Å². The van der Waals surface area contributed by atoms with Gasteiger partial charge in [0.2, 0.25) is 5.95 Å². The summed E-state index contributed by atoms with van der Waals surface area (Å²) in [4.78, 5) is 26.6. The second-order valence-corrected chi connectivity index (χ2v) is 9.34. The number of ether oxygens (including phenoxy) is 1. The molecule has 36 heavy (non-hydrogen) atoms. The van der Waals surface area contributed by atoms with Crippen LogP contribution in [-0.2, 0) is 4.74 Å². The number of nitrogens with one attached hydrogen (secondary N) is 2. The molecule has 2 saturated carbocycles. The van der Waals surface area contributed by atoms with Gasteiger partial charge in [0.15, 0.2) is 17.0 Å². The van der Waals surface area contributed by atoms with Gasteiger partial charge in [-0.05, 0) is 63.6 Å². The van der Waals surface area contributed by atoms with Crippen LogP contribution in [0.3, 0.4) is 0 Å². The Morgan fingerprint density at radius 1 is 1.11 bits per heavy atom. The summed E-state index contributed by atoms with van der Waals surface area (Å²) in [6.45, 7) is 2.13. The molecule has 2 aliphatic rings. The minimum atomic E-state index is -0.345. The molecular weight excluding hydrogens is 501 g/mol. The van der Waals surface area contributed by atoms with Gasteiger partial charge in [-0.2, -0.15) is 9.97 Å². The van der Waals surface area contributed by atoms with Gasteiger partial charge in [-0.3, -0.25) is 0 Å². The van der Waals surface area contributed by atoms with Gasteiger partial charge in [-0.25, -0.2) is 9.78 Å². The first-order valence-electron chi connectivity index (χ1n) is 12.4. The number of hydrogen-bond donors (Lipinski definition) is 3. The summed E-state index contributed by atoms with van der Waals surface area (Å²) in [5.41, 5.74) is 8.89. The number of nitrogens with zero attached hydrogens (tertiary/aromatic N) is 4. The zero-order valence-corrected chi connectivity index (χ0v) is 22.1. The SMILES string of the molecule is CCOC(=O)c1cccc(Nc2nc(NC3CCC(N)CC3)nc3c2ncn3C2CCCC2)c1.Cl.Cl. The van der Waals surface area contributed by atoms with Gasteiger partial charge in [-0.15, -0.1) is 24.8 Å². The molecular formula is C25H35Cl2N7O2. The molecule has 3 aromatic rings. The highest BCUT2D eigenvalue weighted by Crippen LogP contribution is 2.34. The van der Waals surface area contributed by atoms with Gasteiger partial charge in [0.1, 0.15) is 0 Å². The molecule has 2 fully saturated rings. The van der Waals surface area contributed by atoms with Gasteiger partial charge in [0.05, 0.1) is 18.5 Å². The fraction of sp³-hybridized carbons (Fsp3) is 0.520. The molecule has 5 rings (SSSR count). The normalized spacial score (nSPS) is 19.8. The van der Waals surface area contributed by atoms with Gasteiger partial charge < -0.3 is 25.7 Å². The maximum absolute atomic E-state index is 12.2. The molecule has 0 unspecified atom stereocenters. The molecule has 0 saturated heterocycles. The lowest BCUT2D eigenvalue weighted by Gasteiger charge is -2.27. The Hall–Kier alpha value is -2.62. The fourth-order valence-electron chi connectivity index (χ4n) is 5.04. The van der Waals surface area contributed by atoms with Crippen LogP contribution in [0, 0.1) is 0 Å². The zero-order chi connectivity index (χ0) is 23.5. The quantitative estimate of drug-likeness (QED) is 0.344. The lowest BCUT2D eigenvalue weighted by molar-refractivity contribution is 0.0526. The third kappa shape index (κ3) is 6.19. The average molecular weight is 537 g/mol. The maximum atomic E-state index is 12.2. The van der Waals surface area contributed by atoms with Crippen LogP contribution in [0.25, 0.3) is 11.2 Å². The van der Waals surface area contributed by atoms with Crippen LogP contribution < -0.4 is 16.4 Å². The van der Waals surface area contributed by atoms with E-state index in [1.807, 2.05) is 18.5 Å². The largest absolute Gasteiger partial charge is 0.462 e. The molecule has 9 nitrogen and oxygen atoms in total. The van der Waals surface area contributed by atoms with E-state index >= 15 is 0 Å². The lowest BCUT2D eigenvalue weighted by atomic mass is 9.92. The Morgan fingerprint density at radius 3 is 2.58 bits per heavy atom. The van der Waals surface area contributed by atoms with Gasteiger partial charge in [0.25, 0.3) is 0 Å². The first-order valence-corrected chi connectivity index (χ1v) is 12.4. The number of nitrogens with two attached hydrogens (primary N) is 1. The maximum Gasteiger partial charge on any atom is 0.338 e. The van der Waals surface area contributed by atoms with Crippen molar-refractivity contribution < 1.29 is 9.53 Å². The third-order valence-electron chi connectivity index (χ3n) is 6.88. The number of fused-ring (bicyclic) bond motifs is 1. The van der Waals surface area contributed by atoms with Crippen LogP contribution in [0.5, 0.6) is 0 Å². The summed E-state index contributed by atoms with van der Waals surface area (Å²) in [5.74, 6) is 0.872. The van der Waals surface area contributed by atoms with Crippen molar-refractivity contribution in [1.82, 2.24) is 19.5 Å². The second kappa shape index (κ2) is 12.6. The molecule has 2 aliphatic carbocycles. The van der Waals surface area contributed by atoms with Crippen molar-refractivity contribution in [2.24, 2.45) is 5.73 Å². The monoisotopic (exact) mass is 535 g/mol. The molecule has 0 amide bonds. The molecule has 0 bridgehead atoms. The van der Waals surface area contributed by atoms with E-state index in [0.717, 1.165) is 55.4 Å². The molecule has 0 aliphatic heterocycles. The van der Waals surface area contributed by atoms with E-state index < -0.39 is 0 Å². The summed E-state index contributed by atoms with van der Waals surface area (Å²) in [7, 11) is 0. The Kier molecular flexibility index (Phi) is 9.76. The van der Waals surface area contributed by atoms with Crippen molar-refractivity contribution in [3.63, 3.8) is 0 Å². The minimum absolute atomic E-state index is 0. The van der Waals surface area contributed by atoms with Crippen molar-refractivity contribution in [2.45, 2.75) is 76.4 Å². The summed E-state index contributed by atoms with van der Waals surface area (Å²) >= 11 is 0. The molecule has 0 atom stereocenters. The summed E-state index contributed by atoms with van der Waals surface area (Å²) in [5, 5.41) is 6.92. The van der Waals surface area contributed by atoms with E-state index in [9.17, 15) is 4.79 Å². The van der Waals surface area contributed by atoms with E-state index in [2.05, 4.69) is 20.2 Å². The molecule has 1 aromatic carbocycles. The number of imidazole rings is 1. The Balaban J connectivity index is 0.00000180. The lowest BCUT2D eigenvalue weighted by Crippen LogP contribution is -2.33. The van der Waals surface area contributed by atoms with Crippen molar-refractivity contribution >= 4 is 59.4 Å². The number of esters is 1. The van der Waals surface area contributed by atoms with Crippen LogP contribution >= 0.6 is 24.8 Å². The first-order chi connectivity index (χ1) is 16.6. The predicted octanol–water partition coefficient (Wildman–Crippen LogP) is 5.39. The number of anilines is 3. The van der Waals surface area contributed by atoms with Crippen LogP contribution in [-0.4, -0.2) is 44.2 Å². The summed E-state index contributed by atoms with van der Waals surface area (Å²) in [6, 6.07) is 8.26. The van der Waals surface area contributed by atoms with E-state index in [-0.39, 0.29) is 36.8 Å². The van der Waals surface area contributed by atoms with E-state index in [4.69, 9.17) is 20.4 Å². The number of aromatic nitrogens is 4. The van der Waals surface area contributed by atoms with Crippen LogP contribution in [0.15, 0.2) is 30.6 Å². The van der Waals surface area contributed by atoms with Crippen LogP contribution in [0.2, 0.25) is 0 Å². The van der Waals surface area contributed by atoms with E-state index in [1.54, 1.807) is 19.1 Å². The topological polar surface area (TPSA) is 120 Å². The molecule has 4 N–H and O–H groups in total. The first kappa shape index (κ1) is 28.0. The third-order valence-corrected chi connectivity index (χ3v) is 6.88. The minimum Gasteiger partial charge on any atom is -0.462 e. The Bertz CT molecular complexity index is 1160. The number of hydrogen-bond acceptors (Lipinski definition) is 8. The number of carbonyl (C=O) groups excluding carboxylic acids is 1. The second-order valence-electron chi connectivity index (χ2n) is 9.34. The molecule has 2 heterocycles. The van der Waals surface area contributed by atoms with Crippen molar-refractivity contribution in [3.05, 3.63) is 36.2 Å².